The Morgan fingerprint density at radius 3 is 2.22 bits per heavy atom. The lowest BCUT2D eigenvalue weighted by molar-refractivity contribution is -0.142. The number of hydrogen-bond donors (Lipinski definition) is 0. The van der Waals surface area contributed by atoms with Crippen LogP contribution in [0.2, 0.25) is 0 Å². The van der Waals surface area contributed by atoms with Crippen LogP contribution in [0.1, 0.15) is 33.1 Å². The van der Waals surface area contributed by atoms with Crippen molar-refractivity contribution in [1.82, 2.24) is 14.1 Å². The maximum atomic E-state index is 12.7. The van der Waals surface area contributed by atoms with Crippen molar-refractivity contribution in [3.63, 3.8) is 0 Å². The second kappa shape index (κ2) is 7.61. The van der Waals surface area contributed by atoms with Crippen molar-refractivity contribution in [3.05, 3.63) is 0 Å². The molecular weight excluding hydrogens is 318 g/mol. The summed E-state index contributed by atoms with van der Waals surface area (Å²) >= 11 is 0. The van der Waals surface area contributed by atoms with Crippen LogP contribution >= 0.6 is 0 Å². The fourth-order valence-electron chi connectivity index (χ4n) is 3.28. The van der Waals surface area contributed by atoms with E-state index in [0.717, 1.165) is 12.8 Å². The largest absolute Gasteiger partial charge is 0.339 e. The highest BCUT2D eigenvalue weighted by Gasteiger charge is 2.34. The van der Waals surface area contributed by atoms with Gasteiger partial charge in [0.15, 0.2) is 0 Å². The molecule has 7 nitrogen and oxygen atoms in total. The summed E-state index contributed by atoms with van der Waals surface area (Å²) in [7, 11) is -3.24. The van der Waals surface area contributed by atoms with E-state index in [-0.39, 0.29) is 23.5 Å². The smallest absolute Gasteiger partial charge is 0.227 e. The van der Waals surface area contributed by atoms with Crippen molar-refractivity contribution in [2.24, 2.45) is 5.92 Å². The minimum absolute atomic E-state index is 0.0320. The van der Waals surface area contributed by atoms with Gasteiger partial charge >= 0.3 is 0 Å². The van der Waals surface area contributed by atoms with E-state index in [9.17, 15) is 18.0 Å². The zero-order valence-corrected chi connectivity index (χ0v) is 14.8. The second-order valence-corrected chi connectivity index (χ2v) is 8.43. The van der Waals surface area contributed by atoms with Crippen molar-refractivity contribution in [2.75, 3.05) is 45.0 Å². The molecule has 0 radical (unpaired) electrons. The summed E-state index contributed by atoms with van der Waals surface area (Å²) in [6.45, 7) is 6.40. The van der Waals surface area contributed by atoms with Gasteiger partial charge in [0.25, 0.3) is 0 Å². The Bertz CT molecular complexity index is 541. The minimum Gasteiger partial charge on any atom is -0.339 e. The van der Waals surface area contributed by atoms with Gasteiger partial charge < -0.3 is 9.80 Å². The molecule has 2 aliphatic rings. The Hall–Kier alpha value is -1.15. The van der Waals surface area contributed by atoms with E-state index in [1.165, 1.54) is 11.2 Å². The van der Waals surface area contributed by atoms with Crippen LogP contribution in [0.5, 0.6) is 0 Å². The van der Waals surface area contributed by atoms with E-state index in [2.05, 4.69) is 0 Å². The van der Waals surface area contributed by atoms with Gasteiger partial charge in [-0.3, -0.25) is 9.59 Å². The highest BCUT2D eigenvalue weighted by atomic mass is 32.2. The van der Waals surface area contributed by atoms with Crippen molar-refractivity contribution < 1.29 is 18.0 Å². The molecule has 2 fully saturated rings. The Morgan fingerprint density at radius 1 is 1.04 bits per heavy atom. The summed E-state index contributed by atoms with van der Waals surface area (Å²) in [6.07, 6.45) is 2.06. The first-order valence-electron chi connectivity index (χ1n) is 8.37. The number of sulfonamides is 1. The topological polar surface area (TPSA) is 78.0 Å². The molecule has 132 valence electrons. The Labute approximate surface area is 138 Å². The van der Waals surface area contributed by atoms with E-state index in [4.69, 9.17) is 0 Å². The van der Waals surface area contributed by atoms with Gasteiger partial charge in [-0.15, -0.1) is 0 Å². The molecule has 0 aromatic carbocycles. The number of carbonyl (C=O) groups is 2. The van der Waals surface area contributed by atoms with Crippen LogP contribution in [0.4, 0.5) is 0 Å². The molecule has 0 aliphatic carbocycles. The quantitative estimate of drug-likeness (QED) is 0.725. The highest BCUT2D eigenvalue weighted by Crippen LogP contribution is 2.22. The lowest BCUT2D eigenvalue weighted by atomic mass is 9.98. The zero-order chi connectivity index (χ0) is 17.0. The van der Waals surface area contributed by atoms with Crippen LogP contribution in [-0.4, -0.2) is 79.4 Å². The van der Waals surface area contributed by atoms with Gasteiger partial charge in [-0.1, -0.05) is 6.92 Å². The third kappa shape index (κ3) is 4.44. The predicted octanol–water partition coefficient (Wildman–Crippen LogP) is 0.129. The molecule has 8 heteroatoms. The molecule has 23 heavy (non-hydrogen) atoms. The summed E-state index contributed by atoms with van der Waals surface area (Å²) in [5.41, 5.74) is 0. The fraction of sp³-hybridized carbons (Fsp3) is 0.867. The summed E-state index contributed by atoms with van der Waals surface area (Å²) in [4.78, 5) is 27.5. The molecule has 2 rings (SSSR count). The fourth-order valence-corrected chi connectivity index (χ4v) is 4.87. The number of piperidine rings is 1. The van der Waals surface area contributed by atoms with Crippen molar-refractivity contribution >= 4 is 21.8 Å². The number of hydrogen-bond acceptors (Lipinski definition) is 4. The first kappa shape index (κ1) is 18.2. The highest BCUT2D eigenvalue weighted by molar-refractivity contribution is 7.89. The Balaban J connectivity index is 1.94. The Kier molecular flexibility index (Phi) is 6.02. The molecule has 2 saturated heterocycles. The summed E-state index contributed by atoms with van der Waals surface area (Å²) in [6, 6.07) is 0. The summed E-state index contributed by atoms with van der Waals surface area (Å²) in [5, 5.41) is 0. The SMILES string of the molecule is CCCS(=O)(=O)N1CCCC(C(=O)N2CCN(C(C)=O)CC2)C1. The van der Waals surface area contributed by atoms with E-state index < -0.39 is 10.0 Å². The van der Waals surface area contributed by atoms with Gasteiger partial charge in [-0.2, -0.15) is 0 Å². The van der Waals surface area contributed by atoms with Crippen molar-refractivity contribution in [3.8, 4) is 0 Å². The van der Waals surface area contributed by atoms with Crippen LogP contribution < -0.4 is 0 Å². The van der Waals surface area contributed by atoms with Gasteiger partial charge in [-0.25, -0.2) is 12.7 Å². The van der Waals surface area contributed by atoms with Crippen LogP contribution in [0, 0.1) is 5.92 Å². The monoisotopic (exact) mass is 345 g/mol. The normalized spacial score (nSPS) is 23.8. The lowest BCUT2D eigenvalue weighted by Gasteiger charge is -2.38. The van der Waals surface area contributed by atoms with Gasteiger partial charge in [0, 0.05) is 46.2 Å². The van der Waals surface area contributed by atoms with Gasteiger partial charge in [0.1, 0.15) is 0 Å². The molecule has 1 atom stereocenters. The number of piperazine rings is 1. The molecule has 2 heterocycles. The van der Waals surface area contributed by atoms with E-state index in [1.807, 2.05) is 6.92 Å². The van der Waals surface area contributed by atoms with Crippen LogP contribution in [0.25, 0.3) is 0 Å². The molecule has 0 spiro atoms. The molecule has 0 saturated carbocycles. The third-order valence-corrected chi connectivity index (χ3v) is 6.67. The predicted molar refractivity (Wildman–Crippen MR) is 87.2 cm³/mol. The van der Waals surface area contributed by atoms with Gasteiger partial charge in [0.2, 0.25) is 21.8 Å². The van der Waals surface area contributed by atoms with Crippen molar-refractivity contribution in [1.29, 1.82) is 0 Å². The number of amides is 2. The number of rotatable bonds is 4. The lowest BCUT2D eigenvalue weighted by Crippen LogP contribution is -2.53. The molecule has 1 unspecified atom stereocenters. The summed E-state index contributed by atoms with van der Waals surface area (Å²) in [5.74, 6) is -0.0407. The summed E-state index contributed by atoms with van der Waals surface area (Å²) < 4.78 is 25.9. The van der Waals surface area contributed by atoms with Crippen LogP contribution in [0.3, 0.4) is 0 Å². The average molecular weight is 345 g/mol. The van der Waals surface area contributed by atoms with Crippen LogP contribution in [0.15, 0.2) is 0 Å². The van der Waals surface area contributed by atoms with E-state index >= 15 is 0 Å². The maximum Gasteiger partial charge on any atom is 0.227 e. The first-order valence-corrected chi connectivity index (χ1v) is 9.98. The number of carbonyl (C=O) groups excluding carboxylic acids is 2. The van der Waals surface area contributed by atoms with Crippen LogP contribution in [-0.2, 0) is 19.6 Å². The second-order valence-electron chi connectivity index (χ2n) is 6.34. The van der Waals surface area contributed by atoms with Crippen molar-refractivity contribution in [2.45, 2.75) is 33.1 Å². The maximum absolute atomic E-state index is 12.7. The van der Waals surface area contributed by atoms with E-state index in [0.29, 0.717) is 45.7 Å². The van der Waals surface area contributed by atoms with Gasteiger partial charge in [-0.05, 0) is 19.3 Å². The number of nitrogens with zero attached hydrogens (tertiary/aromatic N) is 3. The zero-order valence-electron chi connectivity index (χ0n) is 14.0. The molecule has 0 bridgehead atoms. The molecule has 0 aromatic heterocycles. The first-order chi connectivity index (χ1) is 10.8. The molecular formula is C15H27N3O4S. The molecule has 2 aliphatic heterocycles. The Morgan fingerprint density at radius 2 is 1.65 bits per heavy atom. The third-order valence-electron chi connectivity index (χ3n) is 4.63. The van der Waals surface area contributed by atoms with Gasteiger partial charge in [0.05, 0.1) is 11.7 Å². The molecule has 2 amide bonds. The minimum atomic E-state index is -3.24. The molecule has 0 N–H and O–H groups in total. The van der Waals surface area contributed by atoms with E-state index in [1.54, 1.807) is 9.80 Å². The standard InChI is InChI=1S/C15H27N3O4S/c1-3-11-23(21,22)18-6-4-5-14(12-18)15(20)17-9-7-16(8-10-17)13(2)19/h14H,3-12H2,1-2H3. The molecule has 0 aromatic rings. The average Bonchev–Trinajstić information content (AvgIpc) is 2.54.